The fraction of sp³-hybridized carbons (Fsp3) is 0.333. The lowest BCUT2D eigenvalue weighted by atomic mass is 10.1. The summed E-state index contributed by atoms with van der Waals surface area (Å²) in [4.78, 5) is 15.9. The van der Waals surface area contributed by atoms with Crippen molar-refractivity contribution in [3.8, 4) is 0 Å². The fourth-order valence-corrected chi connectivity index (χ4v) is 2.25. The number of anilines is 1. The van der Waals surface area contributed by atoms with Crippen molar-refractivity contribution >= 4 is 35.6 Å². The van der Waals surface area contributed by atoms with Gasteiger partial charge in [-0.3, -0.25) is 9.79 Å². The van der Waals surface area contributed by atoms with Gasteiger partial charge in [-0.1, -0.05) is 12.1 Å². The molecule has 0 aliphatic heterocycles. The molecule has 1 aromatic carbocycles. The first-order valence-electron chi connectivity index (χ1n) is 7.86. The largest absolute Gasteiger partial charge is 0.370 e. The van der Waals surface area contributed by atoms with Crippen LogP contribution >= 0.6 is 24.0 Å². The number of aryl methyl sites for hydroxylation is 3. The summed E-state index contributed by atoms with van der Waals surface area (Å²) in [5.74, 6) is 0.421. The molecule has 130 valence electrons. The first kappa shape index (κ1) is 20.2. The number of aromatic nitrogens is 1. The lowest BCUT2D eigenvalue weighted by molar-refractivity contribution is 0.599. The zero-order chi connectivity index (χ0) is 16.7. The molecule has 0 saturated heterocycles. The van der Waals surface area contributed by atoms with Crippen molar-refractivity contribution in [2.45, 2.75) is 33.2 Å². The average Bonchev–Trinajstić information content (AvgIpc) is 2.52. The SMILES string of the molecule is Cc1ccc(NC(N)=NCCCCn2ccccc2=O)cc1C.I. The highest BCUT2D eigenvalue weighted by Gasteiger charge is 1.98. The number of hydrogen-bond donors (Lipinski definition) is 2. The van der Waals surface area contributed by atoms with Gasteiger partial charge in [0.25, 0.3) is 0 Å². The Labute approximate surface area is 160 Å². The van der Waals surface area contributed by atoms with Gasteiger partial charge in [0, 0.05) is 31.0 Å². The van der Waals surface area contributed by atoms with Crippen molar-refractivity contribution in [2.24, 2.45) is 10.7 Å². The second-order valence-corrected chi connectivity index (χ2v) is 5.63. The van der Waals surface area contributed by atoms with E-state index in [1.807, 2.05) is 12.1 Å². The molecule has 0 bridgehead atoms. The smallest absolute Gasteiger partial charge is 0.250 e. The first-order chi connectivity index (χ1) is 11.1. The van der Waals surface area contributed by atoms with Crippen LogP contribution in [0.2, 0.25) is 0 Å². The molecule has 0 radical (unpaired) electrons. The second-order valence-electron chi connectivity index (χ2n) is 5.63. The number of nitrogens with one attached hydrogen (secondary N) is 1. The van der Waals surface area contributed by atoms with Crippen LogP contribution in [0.1, 0.15) is 24.0 Å². The summed E-state index contributed by atoms with van der Waals surface area (Å²) in [5, 5.41) is 3.10. The summed E-state index contributed by atoms with van der Waals surface area (Å²) in [6, 6.07) is 11.3. The Bertz CT molecular complexity index is 740. The maximum absolute atomic E-state index is 11.6. The van der Waals surface area contributed by atoms with E-state index >= 15 is 0 Å². The van der Waals surface area contributed by atoms with Crippen LogP contribution in [0.25, 0.3) is 0 Å². The predicted molar refractivity (Wildman–Crippen MR) is 111 cm³/mol. The van der Waals surface area contributed by atoms with Gasteiger partial charge in [0.05, 0.1) is 0 Å². The molecule has 0 spiro atoms. The quantitative estimate of drug-likeness (QED) is 0.314. The minimum absolute atomic E-state index is 0. The third-order valence-corrected chi connectivity index (χ3v) is 3.77. The van der Waals surface area contributed by atoms with E-state index in [1.165, 1.54) is 11.1 Å². The predicted octanol–water partition coefficient (Wildman–Crippen LogP) is 3.29. The number of unbranched alkanes of at least 4 members (excludes halogenated alkanes) is 1. The number of nitrogens with zero attached hydrogens (tertiary/aromatic N) is 2. The Morgan fingerprint density at radius 3 is 2.67 bits per heavy atom. The van der Waals surface area contributed by atoms with Crippen LogP contribution in [0.15, 0.2) is 52.4 Å². The fourth-order valence-electron chi connectivity index (χ4n) is 2.25. The van der Waals surface area contributed by atoms with Crippen LogP contribution < -0.4 is 16.6 Å². The Morgan fingerprint density at radius 1 is 1.17 bits per heavy atom. The van der Waals surface area contributed by atoms with Gasteiger partial charge in [-0.25, -0.2) is 0 Å². The van der Waals surface area contributed by atoms with Crippen LogP contribution in [-0.4, -0.2) is 17.1 Å². The zero-order valence-electron chi connectivity index (χ0n) is 14.2. The van der Waals surface area contributed by atoms with Gasteiger partial charge in [0.15, 0.2) is 5.96 Å². The van der Waals surface area contributed by atoms with E-state index in [9.17, 15) is 4.79 Å². The summed E-state index contributed by atoms with van der Waals surface area (Å²) in [7, 11) is 0. The van der Waals surface area contributed by atoms with Crippen molar-refractivity contribution in [2.75, 3.05) is 11.9 Å². The van der Waals surface area contributed by atoms with E-state index < -0.39 is 0 Å². The molecule has 0 atom stereocenters. The number of rotatable bonds is 6. The number of hydrogen-bond acceptors (Lipinski definition) is 2. The molecule has 2 rings (SSSR count). The van der Waals surface area contributed by atoms with E-state index in [4.69, 9.17) is 5.73 Å². The molecule has 0 aliphatic carbocycles. The van der Waals surface area contributed by atoms with Crippen molar-refractivity contribution in [3.05, 3.63) is 64.1 Å². The van der Waals surface area contributed by atoms with Crippen molar-refractivity contribution in [3.63, 3.8) is 0 Å². The standard InChI is InChI=1S/C18H24N4O.HI/c1-14-8-9-16(13-15(14)2)21-18(19)20-10-4-6-12-22-11-5-3-7-17(22)23;/h3,5,7-9,11,13H,4,6,10,12H2,1-2H3,(H3,19,20,21);1H. The molecule has 0 unspecified atom stereocenters. The van der Waals surface area contributed by atoms with Crippen LogP contribution in [0.5, 0.6) is 0 Å². The molecule has 0 amide bonds. The molecule has 6 heteroatoms. The first-order valence-corrected chi connectivity index (χ1v) is 7.86. The Morgan fingerprint density at radius 2 is 1.96 bits per heavy atom. The molecule has 1 aromatic heterocycles. The van der Waals surface area contributed by atoms with Crippen molar-refractivity contribution in [1.82, 2.24) is 4.57 Å². The lowest BCUT2D eigenvalue weighted by Crippen LogP contribution is -2.23. The lowest BCUT2D eigenvalue weighted by Gasteiger charge is -2.08. The number of pyridine rings is 1. The molecule has 3 N–H and O–H groups in total. The molecule has 1 heterocycles. The normalized spacial score (nSPS) is 11.0. The molecule has 5 nitrogen and oxygen atoms in total. The number of benzene rings is 1. The number of halogens is 1. The van der Waals surface area contributed by atoms with Gasteiger partial charge in [0.2, 0.25) is 5.56 Å². The van der Waals surface area contributed by atoms with E-state index in [-0.39, 0.29) is 29.5 Å². The number of nitrogens with two attached hydrogens (primary N) is 1. The van der Waals surface area contributed by atoms with Crippen molar-refractivity contribution in [1.29, 1.82) is 0 Å². The van der Waals surface area contributed by atoms with Crippen LogP contribution in [0.4, 0.5) is 5.69 Å². The summed E-state index contributed by atoms with van der Waals surface area (Å²) in [6.45, 7) is 5.50. The summed E-state index contributed by atoms with van der Waals surface area (Å²) >= 11 is 0. The maximum Gasteiger partial charge on any atom is 0.250 e. The molecule has 0 aliphatic rings. The highest BCUT2D eigenvalue weighted by molar-refractivity contribution is 14.0. The highest BCUT2D eigenvalue weighted by Crippen LogP contribution is 2.13. The van der Waals surface area contributed by atoms with Gasteiger partial charge in [0.1, 0.15) is 0 Å². The summed E-state index contributed by atoms with van der Waals surface area (Å²) in [5.41, 5.74) is 9.35. The number of guanidine groups is 1. The molecule has 24 heavy (non-hydrogen) atoms. The van der Waals surface area contributed by atoms with E-state index in [0.717, 1.165) is 18.5 Å². The molecular formula is C18H25IN4O. The molecule has 2 aromatic rings. The van der Waals surface area contributed by atoms with Crippen LogP contribution in [0, 0.1) is 13.8 Å². The van der Waals surface area contributed by atoms with E-state index in [2.05, 4.69) is 36.3 Å². The van der Waals surface area contributed by atoms with Gasteiger partial charge >= 0.3 is 0 Å². The Balaban J connectivity index is 0.00000288. The molecule has 0 fully saturated rings. The zero-order valence-corrected chi connectivity index (χ0v) is 16.5. The van der Waals surface area contributed by atoms with Crippen LogP contribution in [-0.2, 0) is 6.54 Å². The third-order valence-electron chi connectivity index (χ3n) is 3.77. The maximum atomic E-state index is 11.6. The van der Waals surface area contributed by atoms with E-state index in [1.54, 1.807) is 22.9 Å². The van der Waals surface area contributed by atoms with Crippen molar-refractivity contribution < 1.29 is 0 Å². The van der Waals surface area contributed by atoms with Gasteiger partial charge < -0.3 is 15.6 Å². The minimum atomic E-state index is 0. The van der Waals surface area contributed by atoms with E-state index in [0.29, 0.717) is 19.0 Å². The Hall–Kier alpha value is -1.83. The molecular weight excluding hydrogens is 415 g/mol. The van der Waals surface area contributed by atoms with Crippen LogP contribution in [0.3, 0.4) is 0 Å². The number of aliphatic imine (C=N–C) groups is 1. The minimum Gasteiger partial charge on any atom is -0.370 e. The highest BCUT2D eigenvalue weighted by atomic mass is 127. The topological polar surface area (TPSA) is 72.4 Å². The monoisotopic (exact) mass is 440 g/mol. The summed E-state index contributed by atoms with van der Waals surface area (Å²) < 4.78 is 1.71. The average molecular weight is 440 g/mol. The summed E-state index contributed by atoms with van der Waals surface area (Å²) in [6.07, 6.45) is 3.59. The Kier molecular flexibility index (Phi) is 8.53. The third kappa shape index (κ3) is 6.35. The second kappa shape index (κ2) is 10.1. The van der Waals surface area contributed by atoms with Gasteiger partial charge in [-0.2, -0.15) is 0 Å². The van der Waals surface area contributed by atoms with Gasteiger partial charge in [-0.15, -0.1) is 24.0 Å². The van der Waals surface area contributed by atoms with Gasteiger partial charge in [-0.05, 0) is 56.0 Å². The molecule has 0 saturated carbocycles.